The standard InChI is InChI=1S/C18H29NO2/c1-5-7-19-17(16-6-8-20-11-16)12-21-18-14(3)9-13(2)10-15(18)4/h9-10,16-17,19H,5-8,11-12H2,1-4H3. The van der Waals surface area contributed by atoms with E-state index in [9.17, 15) is 0 Å². The quantitative estimate of drug-likeness (QED) is 0.835. The van der Waals surface area contributed by atoms with Crippen LogP contribution in [0.2, 0.25) is 0 Å². The monoisotopic (exact) mass is 291 g/mol. The van der Waals surface area contributed by atoms with Crippen molar-refractivity contribution in [3.05, 3.63) is 28.8 Å². The van der Waals surface area contributed by atoms with E-state index in [-0.39, 0.29) is 0 Å². The van der Waals surface area contributed by atoms with Gasteiger partial charge in [0.25, 0.3) is 0 Å². The molecule has 0 saturated carbocycles. The van der Waals surface area contributed by atoms with Crippen molar-refractivity contribution < 1.29 is 9.47 Å². The van der Waals surface area contributed by atoms with E-state index in [0.29, 0.717) is 12.0 Å². The molecule has 1 aliphatic heterocycles. The first-order chi connectivity index (χ1) is 10.1. The molecule has 21 heavy (non-hydrogen) atoms. The van der Waals surface area contributed by atoms with Crippen molar-refractivity contribution in [3.63, 3.8) is 0 Å². The highest BCUT2D eigenvalue weighted by atomic mass is 16.5. The molecule has 0 bridgehead atoms. The average Bonchev–Trinajstić information content (AvgIpc) is 2.94. The number of hydrogen-bond acceptors (Lipinski definition) is 3. The highest BCUT2D eigenvalue weighted by molar-refractivity contribution is 5.42. The van der Waals surface area contributed by atoms with Crippen molar-refractivity contribution in [2.75, 3.05) is 26.4 Å². The van der Waals surface area contributed by atoms with E-state index < -0.39 is 0 Å². The Hall–Kier alpha value is -1.06. The third-order valence-electron chi connectivity index (χ3n) is 4.20. The first-order valence-corrected chi connectivity index (χ1v) is 8.13. The molecule has 0 spiro atoms. The van der Waals surface area contributed by atoms with Gasteiger partial charge in [-0.3, -0.25) is 0 Å². The largest absolute Gasteiger partial charge is 0.491 e. The summed E-state index contributed by atoms with van der Waals surface area (Å²) < 4.78 is 11.7. The predicted molar refractivity (Wildman–Crippen MR) is 87.2 cm³/mol. The van der Waals surface area contributed by atoms with Crippen molar-refractivity contribution in [2.24, 2.45) is 5.92 Å². The third kappa shape index (κ3) is 4.45. The van der Waals surface area contributed by atoms with Crippen LogP contribution in [0, 0.1) is 26.7 Å². The Balaban J connectivity index is 2.00. The van der Waals surface area contributed by atoms with Crippen LogP contribution in [0.25, 0.3) is 0 Å². The zero-order valence-corrected chi connectivity index (χ0v) is 13.9. The second-order valence-electron chi connectivity index (χ2n) is 6.22. The molecule has 2 unspecified atom stereocenters. The van der Waals surface area contributed by atoms with Crippen molar-refractivity contribution in [2.45, 2.75) is 46.6 Å². The van der Waals surface area contributed by atoms with Gasteiger partial charge < -0.3 is 14.8 Å². The molecule has 1 aliphatic rings. The molecule has 1 fully saturated rings. The number of benzene rings is 1. The fraction of sp³-hybridized carbons (Fsp3) is 0.667. The van der Waals surface area contributed by atoms with Gasteiger partial charge in [-0.25, -0.2) is 0 Å². The Kier molecular flexibility index (Phi) is 6.07. The minimum Gasteiger partial charge on any atom is -0.491 e. The molecule has 0 amide bonds. The number of hydrogen-bond donors (Lipinski definition) is 1. The Morgan fingerprint density at radius 1 is 1.29 bits per heavy atom. The van der Waals surface area contributed by atoms with E-state index in [1.54, 1.807) is 0 Å². The van der Waals surface area contributed by atoms with Crippen molar-refractivity contribution in [3.8, 4) is 5.75 Å². The molecular weight excluding hydrogens is 262 g/mol. The Bertz CT molecular complexity index is 430. The van der Waals surface area contributed by atoms with Crippen LogP contribution >= 0.6 is 0 Å². The molecule has 2 rings (SSSR count). The second-order valence-corrected chi connectivity index (χ2v) is 6.22. The van der Waals surface area contributed by atoms with E-state index in [1.807, 2.05) is 0 Å². The van der Waals surface area contributed by atoms with Gasteiger partial charge >= 0.3 is 0 Å². The van der Waals surface area contributed by atoms with Gasteiger partial charge in [-0.05, 0) is 51.3 Å². The van der Waals surface area contributed by atoms with Gasteiger partial charge in [0.2, 0.25) is 0 Å². The van der Waals surface area contributed by atoms with Gasteiger partial charge in [0.05, 0.1) is 6.61 Å². The molecule has 1 aromatic rings. The summed E-state index contributed by atoms with van der Waals surface area (Å²) in [5.74, 6) is 1.62. The van der Waals surface area contributed by atoms with Crippen LogP contribution in [0.3, 0.4) is 0 Å². The maximum atomic E-state index is 6.18. The molecule has 0 radical (unpaired) electrons. The zero-order chi connectivity index (χ0) is 15.2. The highest BCUT2D eigenvalue weighted by Crippen LogP contribution is 2.26. The summed E-state index contributed by atoms with van der Waals surface area (Å²) in [6.45, 7) is 12.1. The second kappa shape index (κ2) is 7.81. The topological polar surface area (TPSA) is 30.5 Å². The number of rotatable bonds is 7. The first-order valence-electron chi connectivity index (χ1n) is 8.13. The lowest BCUT2D eigenvalue weighted by Crippen LogP contribution is -2.41. The molecule has 118 valence electrons. The highest BCUT2D eigenvalue weighted by Gasteiger charge is 2.26. The average molecular weight is 291 g/mol. The van der Waals surface area contributed by atoms with Gasteiger partial charge in [0.1, 0.15) is 12.4 Å². The van der Waals surface area contributed by atoms with E-state index in [4.69, 9.17) is 9.47 Å². The fourth-order valence-electron chi connectivity index (χ4n) is 3.13. The number of ether oxygens (including phenoxy) is 2. The maximum absolute atomic E-state index is 6.18. The molecule has 0 aliphatic carbocycles. The molecule has 1 heterocycles. The Labute approximate surface area is 129 Å². The Morgan fingerprint density at radius 3 is 2.57 bits per heavy atom. The summed E-state index contributed by atoms with van der Waals surface area (Å²) in [5.41, 5.74) is 3.75. The molecule has 1 N–H and O–H groups in total. The van der Waals surface area contributed by atoms with Crippen LogP contribution < -0.4 is 10.1 Å². The van der Waals surface area contributed by atoms with Crippen LogP contribution in [0.15, 0.2) is 12.1 Å². The lowest BCUT2D eigenvalue weighted by Gasteiger charge is -2.25. The van der Waals surface area contributed by atoms with Crippen molar-refractivity contribution >= 4 is 0 Å². The van der Waals surface area contributed by atoms with Crippen LogP contribution in [0.4, 0.5) is 0 Å². The summed E-state index contributed by atoms with van der Waals surface area (Å²) in [7, 11) is 0. The van der Waals surface area contributed by atoms with Crippen molar-refractivity contribution in [1.82, 2.24) is 5.32 Å². The van der Waals surface area contributed by atoms with E-state index >= 15 is 0 Å². The van der Waals surface area contributed by atoms with E-state index in [2.05, 4.69) is 45.1 Å². The summed E-state index contributed by atoms with van der Waals surface area (Å²) in [6, 6.07) is 4.76. The molecule has 3 heteroatoms. The van der Waals surface area contributed by atoms with Crippen LogP contribution in [-0.4, -0.2) is 32.4 Å². The van der Waals surface area contributed by atoms with Gasteiger partial charge in [0.15, 0.2) is 0 Å². The third-order valence-corrected chi connectivity index (χ3v) is 4.20. The molecule has 3 nitrogen and oxygen atoms in total. The van der Waals surface area contributed by atoms with Crippen LogP contribution in [-0.2, 0) is 4.74 Å². The predicted octanol–water partition coefficient (Wildman–Crippen LogP) is 3.40. The zero-order valence-electron chi connectivity index (χ0n) is 13.9. The first kappa shape index (κ1) is 16.3. The van der Waals surface area contributed by atoms with Crippen molar-refractivity contribution in [1.29, 1.82) is 0 Å². The van der Waals surface area contributed by atoms with Gasteiger partial charge in [-0.1, -0.05) is 24.6 Å². The molecule has 1 saturated heterocycles. The smallest absolute Gasteiger partial charge is 0.125 e. The summed E-state index contributed by atoms with van der Waals surface area (Å²) in [6.07, 6.45) is 2.28. The van der Waals surface area contributed by atoms with E-state index in [1.165, 1.54) is 16.7 Å². The summed E-state index contributed by atoms with van der Waals surface area (Å²) in [4.78, 5) is 0. The number of nitrogens with one attached hydrogen (secondary N) is 1. The number of aryl methyl sites for hydroxylation is 3. The molecule has 0 aromatic heterocycles. The fourth-order valence-corrected chi connectivity index (χ4v) is 3.13. The minimum atomic E-state index is 0.382. The minimum absolute atomic E-state index is 0.382. The van der Waals surface area contributed by atoms with Gasteiger partial charge in [-0.2, -0.15) is 0 Å². The van der Waals surface area contributed by atoms with Gasteiger partial charge in [0, 0.05) is 18.6 Å². The lowest BCUT2D eigenvalue weighted by atomic mass is 9.99. The SMILES string of the molecule is CCCNC(COc1c(C)cc(C)cc1C)C1CCOC1. The molecule has 1 aromatic carbocycles. The van der Waals surface area contributed by atoms with E-state index in [0.717, 1.165) is 45.0 Å². The van der Waals surface area contributed by atoms with Gasteiger partial charge in [-0.15, -0.1) is 0 Å². The molecule has 2 atom stereocenters. The normalized spacial score (nSPS) is 19.7. The lowest BCUT2D eigenvalue weighted by molar-refractivity contribution is 0.160. The maximum Gasteiger partial charge on any atom is 0.125 e. The van der Waals surface area contributed by atoms with Crippen LogP contribution in [0.5, 0.6) is 5.75 Å². The van der Waals surface area contributed by atoms with Crippen LogP contribution in [0.1, 0.15) is 36.5 Å². The summed E-state index contributed by atoms with van der Waals surface area (Å²) in [5, 5.41) is 3.63. The Morgan fingerprint density at radius 2 is 2.00 bits per heavy atom. The summed E-state index contributed by atoms with van der Waals surface area (Å²) >= 11 is 0. The molecular formula is C18H29NO2.